The predicted octanol–water partition coefficient (Wildman–Crippen LogP) is -0.205. The second-order valence-corrected chi connectivity index (χ2v) is 5.03. The lowest BCUT2D eigenvalue weighted by atomic mass is 9.95. The molecule has 0 radical (unpaired) electrons. The summed E-state index contributed by atoms with van der Waals surface area (Å²) >= 11 is 0. The number of aliphatic hydroxyl groups is 3. The van der Waals surface area contributed by atoms with Crippen LogP contribution in [0.2, 0.25) is 0 Å². The molecule has 0 aromatic carbocycles. The van der Waals surface area contributed by atoms with Gasteiger partial charge in [-0.2, -0.15) is 0 Å². The van der Waals surface area contributed by atoms with Gasteiger partial charge in [0, 0.05) is 12.6 Å². The molecule has 2 heterocycles. The highest BCUT2D eigenvalue weighted by molar-refractivity contribution is 5.17. The minimum atomic E-state index is -2.71. The van der Waals surface area contributed by atoms with Crippen LogP contribution in [-0.4, -0.2) is 69.8 Å². The number of halogens is 2. The van der Waals surface area contributed by atoms with E-state index in [0.717, 1.165) is 0 Å². The normalized spacial score (nSPS) is 30.6. The van der Waals surface area contributed by atoms with E-state index < -0.39 is 36.5 Å². The first-order chi connectivity index (χ1) is 9.93. The molecule has 21 heavy (non-hydrogen) atoms. The zero-order valence-corrected chi connectivity index (χ0v) is 11.4. The van der Waals surface area contributed by atoms with E-state index >= 15 is 0 Å². The number of pyridine rings is 1. The topological polar surface area (TPSA) is 86.1 Å². The highest BCUT2D eigenvalue weighted by atomic mass is 19.3. The van der Waals surface area contributed by atoms with Crippen molar-refractivity contribution in [2.45, 2.75) is 30.8 Å². The molecule has 1 aromatic heterocycles. The van der Waals surface area contributed by atoms with Crippen LogP contribution in [-0.2, 0) is 0 Å². The number of likely N-dealkylation sites (tertiary alicyclic amines) is 1. The molecule has 1 aromatic rings. The minimum Gasteiger partial charge on any atom is -0.470 e. The van der Waals surface area contributed by atoms with Crippen LogP contribution in [0.15, 0.2) is 18.2 Å². The number of likely N-dealkylation sites (N-methyl/N-ethyl adjacent to an activating group) is 1. The summed E-state index contributed by atoms with van der Waals surface area (Å²) in [4.78, 5) is 5.30. The number of piperidine rings is 1. The molecule has 0 aliphatic carbocycles. The Labute approximate surface area is 120 Å². The highest BCUT2D eigenvalue weighted by Crippen LogP contribution is 2.23. The summed E-state index contributed by atoms with van der Waals surface area (Å²) in [7, 11) is 1.66. The number of ether oxygens (including phenoxy) is 1. The van der Waals surface area contributed by atoms with Gasteiger partial charge in [-0.15, -0.1) is 0 Å². The molecular formula is C13H18F2N2O4. The smallest absolute Gasteiger partial charge is 0.280 e. The Kier molecular flexibility index (Phi) is 5.04. The van der Waals surface area contributed by atoms with Crippen LogP contribution >= 0.6 is 0 Å². The largest absolute Gasteiger partial charge is 0.470 e. The molecular weight excluding hydrogens is 286 g/mol. The van der Waals surface area contributed by atoms with Gasteiger partial charge in [0.2, 0.25) is 5.88 Å². The fraction of sp³-hybridized carbons (Fsp3) is 0.615. The summed E-state index contributed by atoms with van der Waals surface area (Å²) in [5.74, 6) is -0.0418. The van der Waals surface area contributed by atoms with Crippen LogP contribution < -0.4 is 4.74 Å². The molecule has 1 fully saturated rings. The zero-order valence-electron chi connectivity index (χ0n) is 11.4. The predicted molar refractivity (Wildman–Crippen MR) is 69.1 cm³/mol. The summed E-state index contributed by atoms with van der Waals surface area (Å²) in [5, 5.41) is 29.1. The van der Waals surface area contributed by atoms with Gasteiger partial charge >= 0.3 is 0 Å². The first-order valence-corrected chi connectivity index (χ1v) is 6.53. The maximum atomic E-state index is 12.6. The van der Waals surface area contributed by atoms with Gasteiger partial charge in [-0.3, -0.25) is 4.90 Å². The van der Waals surface area contributed by atoms with Crippen LogP contribution in [0.25, 0.3) is 0 Å². The lowest BCUT2D eigenvalue weighted by Crippen LogP contribution is -2.62. The Morgan fingerprint density at radius 3 is 2.71 bits per heavy atom. The molecule has 6 nitrogen and oxygen atoms in total. The first-order valence-electron chi connectivity index (χ1n) is 6.53. The van der Waals surface area contributed by atoms with E-state index in [1.807, 2.05) is 0 Å². The second kappa shape index (κ2) is 6.61. The van der Waals surface area contributed by atoms with E-state index in [0.29, 0.717) is 0 Å². The summed E-state index contributed by atoms with van der Waals surface area (Å²) in [6.07, 6.45) is -5.97. The van der Waals surface area contributed by atoms with Crippen LogP contribution in [0, 0.1) is 0 Å². The van der Waals surface area contributed by atoms with E-state index in [2.05, 4.69) is 4.98 Å². The van der Waals surface area contributed by atoms with Crippen molar-refractivity contribution in [3.8, 4) is 5.88 Å². The molecule has 1 aliphatic heterocycles. The number of aromatic nitrogens is 1. The van der Waals surface area contributed by atoms with Gasteiger partial charge in [-0.1, -0.05) is 6.07 Å². The van der Waals surface area contributed by atoms with Crippen molar-refractivity contribution in [2.75, 3.05) is 20.2 Å². The van der Waals surface area contributed by atoms with Crippen molar-refractivity contribution in [2.24, 2.45) is 0 Å². The van der Waals surface area contributed by atoms with Crippen molar-refractivity contribution >= 4 is 0 Å². The molecule has 0 saturated carbocycles. The molecule has 0 unspecified atom stereocenters. The van der Waals surface area contributed by atoms with Crippen molar-refractivity contribution in [1.29, 1.82) is 0 Å². The maximum absolute atomic E-state index is 12.6. The average Bonchev–Trinajstić information content (AvgIpc) is 2.45. The quantitative estimate of drug-likeness (QED) is 0.714. The number of hydrogen-bond acceptors (Lipinski definition) is 6. The molecule has 1 saturated heterocycles. The summed E-state index contributed by atoms with van der Waals surface area (Å²) in [5.41, 5.74) is -0.417. The number of alkyl halides is 2. The highest BCUT2D eigenvalue weighted by Gasteiger charge is 2.41. The molecule has 0 spiro atoms. The Bertz CT molecular complexity index is 477. The van der Waals surface area contributed by atoms with Gasteiger partial charge in [0.15, 0.2) is 0 Å². The van der Waals surface area contributed by atoms with Crippen molar-refractivity contribution in [3.63, 3.8) is 0 Å². The lowest BCUT2D eigenvalue weighted by molar-refractivity contribution is -0.132. The zero-order chi connectivity index (χ0) is 15.6. The van der Waals surface area contributed by atoms with E-state index in [9.17, 15) is 24.1 Å². The molecule has 0 amide bonds. The number of hydrogen-bond donors (Lipinski definition) is 3. The van der Waals surface area contributed by atoms with Gasteiger partial charge in [0.1, 0.15) is 24.0 Å². The van der Waals surface area contributed by atoms with Crippen LogP contribution in [0.1, 0.15) is 12.1 Å². The van der Waals surface area contributed by atoms with Gasteiger partial charge in [0.05, 0.1) is 12.6 Å². The van der Waals surface area contributed by atoms with Crippen LogP contribution in [0.5, 0.6) is 5.88 Å². The lowest BCUT2D eigenvalue weighted by Gasteiger charge is -2.42. The molecule has 118 valence electrons. The summed E-state index contributed by atoms with van der Waals surface area (Å²) in [6.45, 7) is -0.0788. The van der Waals surface area contributed by atoms with Crippen molar-refractivity contribution in [1.82, 2.24) is 9.88 Å². The van der Waals surface area contributed by atoms with Crippen LogP contribution in [0.4, 0.5) is 8.78 Å². The Balaban J connectivity index is 2.10. The second-order valence-electron chi connectivity index (χ2n) is 5.03. The van der Waals surface area contributed by atoms with Gasteiger partial charge in [0.25, 0.3) is 6.43 Å². The standard InChI is InChI=1S/C13H18F2N2O4/c1-17-5-9(12(20)11(19)8(17)6-18)21-10-4-2-3-7(16-10)13(14)15/h2-4,8-9,11-13,18-20H,5-6H2,1H3/t8-,9+,11+,12-/m1/s1. The Hall–Kier alpha value is -1.35. The number of nitrogens with zero attached hydrogens (tertiary/aromatic N) is 2. The SMILES string of the molecule is CN1C[C@H](Oc2cccc(C(F)F)n2)[C@@H](O)[C@@H](O)[C@H]1CO. The molecule has 4 atom stereocenters. The van der Waals surface area contributed by atoms with Crippen LogP contribution in [0.3, 0.4) is 0 Å². The summed E-state index contributed by atoms with van der Waals surface area (Å²) < 4.78 is 30.6. The molecule has 0 bridgehead atoms. The third-order valence-corrected chi connectivity index (χ3v) is 3.59. The fourth-order valence-corrected chi connectivity index (χ4v) is 2.36. The Morgan fingerprint density at radius 1 is 1.38 bits per heavy atom. The average molecular weight is 304 g/mol. The molecule has 2 rings (SSSR count). The summed E-state index contributed by atoms with van der Waals surface area (Å²) in [6, 6.07) is 3.37. The van der Waals surface area contributed by atoms with Gasteiger partial charge in [-0.05, 0) is 13.1 Å². The van der Waals surface area contributed by atoms with Gasteiger partial charge in [-0.25, -0.2) is 13.8 Å². The van der Waals surface area contributed by atoms with Crippen molar-refractivity contribution < 1.29 is 28.8 Å². The molecule has 3 N–H and O–H groups in total. The third-order valence-electron chi connectivity index (χ3n) is 3.59. The number of rotatable bonds is 4. The van der Waals surface area contributed by atoms with Crippen molar-refractivity contribution in [3.05, 3.63) is 23.9 Å². The molecule has 1 aliphatic rings. The van der Waals surface area contributed by atoms with E-state index in [-0.39, 0.29) is 19.0 Å². The Morgan fingerprint density at radius 2 is 2.10 bits per heavy atom. The third kappa shape index (κ3) is 3.46. The first kappa shape index (κ1) is 16.0. The van der Waals surface area contributed by atoms with E-state index in [4.69, 9.17) is 4.74 Å². The monoisotopic (exact) mass is 304 g/mol. The van der Waals surface area contributed by atoms with E-state index in [1.54, 1.807) is 11.9 Å². The maximum Gasteiger partial charge on any atom is 0.280 e. The fourth-order valence-electron chi connectivity index (χ4n) is 2.36. The number of aliphatic hydroxyl groups excluding tert-OH is 3. The van der Waals surface area contributed by atoms with E-state index in [1.165, 1.54) is 18.2 Å². The van der Waals surface area contributed by atoms with Gasteiger partial charge < -0.3 is 20.1 Å². The minimum absolute atomic E-state index is 0.0418. The molecule has 8 heteroatoms.